The predicted molar refractivity (Wildman–Crippen MR) is 33.5 cm³/mol. The van der Waals surface area contributed by atoms with Crippen LogP contribution in [0.5, 0.6) is 0 Å². The Balaban J connectivity index is 4.21. The van der Waals surface area contributed by atoms with E-state index in [4.69, 9.17) is 10.2 Å². The van der Waals surface area contributed by atoms with Crippen LogP contribution in [0.15, 0.2) is 5.18 Å². The van der Waals surface area contributed by atoms with Crippen LogP contribution in [0.1, 0.15) is 6.92 Å². The molecule has 0 aromatic heterocycles. The standard InChI is InChI=1S/C5H9NO4/c1-5(3-7,2-6-10)4(8)9/h7H,2-3H2,1H3,(H,8,9). The molecule has 0 fully saturated rings. The third-order valence-corrected chi connectivity index (χ3v) is 1.28. The number of nitrogens with zero attached hydrogens (tertiary/aromatic N) is 1. The number of aliphatic hydroxyl groups excluding tert-OH is 1. The predicted octanol–water partition coefficient (Wildman–Crippen LogP) is -0.164. The van der Waals surface area contributed by atoms with Gasteiger partial charge in [0.15, 0.2) is 0 Å². The van der Waals surface area contributed by atoms with E-state index in [0.29, 0.717) is 0 Å². The fraction of sp³-hybridized carbons (Fsp3) is 0.800. The molecular formula is C5H9NO4. The molecule has 0 saturated heterocycles. The van der Waals surface area contributed by atoms with Gasteiger partial charge in [-0.05, 0) is 6.92 Å². The van der Waals surface area contributed by atoms with Crippen molar-refractivity contribution in [3.8, 4) is 0 Å². The van der Waals surface area contributed by atoms with E-state index >= 15 is 0 Å². The molecule has 5 heteroatoms. The largest absolute Gasteiger partial charge is 0.481 e. The first-order valence-corrected chi connectivity index (χ1v) is 2.70. The fourth-order valence-corrected chi connectivity index (χ4v) is 0.328. The molecule has 0 bridgehead atoms. The van der Waals surface area contributed by atoms with Crippen molar-refractivity contribution in [3.05, 3.63) is 4.91 Å². The highest BCUT2D eigenvalue weighted by molar-refractivity contribution is 5.74. The quantitative estimate of drug-likeness (QED) is 0.540. The van der Waals surface area contributed by atoms with Crippen molar-refractivity contribution < 1.29 is 15.0 Å². The smallest absolute Gasteiger partial charge is 0.313 e. The van der Waals surface area contributed by atoms with Gasteiger partial charge in [-0.15, -0.1) is 0 Å². The molecule has 0 rings (SSSR count). The number of aliphatic hydroxyl groups is 1. The van der Waals surface area contributed by atoms with Crippen LogP contribution in [0.25, 0.3) is 0 Å². The molecular weight excluding hydrogens is 138 g/mol. The number of carbonyl (C=O) groups is 1. The summed E-state index contributed by atoms with van der Waals surface area (Å²) in [6, 6.07) is 0. The summed E-state index contributed by atoms with van der Waals surface area (Å²) >= 11 is 0. The van der Waals surface area contributed by atoms with E-state index in [-0.39, 0.29) is 0 Å². The lowest BCUT2D eigenvalue weighted by atomic mass is 9.93. The summed E-state index contributed by atoms with van der Waals surface area (Å²) in [6.45, 7) is 0.281. The van der Waals surface area contributed by atoms with Crippen molar-refractivity contribution >= 4 is 5.97 Å². The highest BCUT2D eigenvalue weighted by Crippen LogP contribution is 2.15. The molecule has 0 aliphatic heterocycles. The zero-order chi connectivity index (χ0) is 8.20. The maximum Gasteiger partial charge on any atom is 0.313 e. The lowest BCUT2D eigenvalue weighted by Gasteiger charge is -2.16. The SMILES string of the molecule is CC(CO)(CN=O)C(=O)O. The molecule has 0 spiro atoms. The fourth-order valence-electron chi connectivity index (χ4n) is 0.328. The van der Waals surface area contributed by atoms with Crippen molar-refractivity contribution in [1.82, 2.24) is 0 Å². The number of aliphatic carboxylic acids is 1. The van der Waals surface area contributed by atoms with Gasteiger partial charge >= 0.3 is 5.97 Å². The van der Waals surface area contributed by atoms with E-state index in [1.54, 1.807) is 0 Å². The molecule has 5 nitrogen and oxygen atoms in total. The second-order valence-corrected chi connectivity index (χ2v) is 2.31. The molecule has 0 aromatic rings. The summed E-state index contributed by atoms with van der Waals surface area (Å²) in [6.07, 6.45) is 0. The van der Waals surface area contributed by atoms with Gasteiger partial charge in [0.2, 0.25) is 0 Å². The number of carboxylic acids is 1. The number of nitroso groups, excluding NO2 is 1. The van der Waals surface area contributed by atoms with Crippen LogP contribution in [0.3, 0.4) is 0 Å². The first kappa shape index (κ1) is 9.03. The molecule has 0 radical (unpaired) electrons. The highest BCUT2D eigenvalue weighted by atomic mass is 16.4. The van der Waals surface area contributed by atoms with Crippen molar-refractivity contribution in [3.63, 3.8) is 0 Å². The minimum Gasteiger partial charge on any atom is -0.481 e. The monoisotopic (exact) mass is 147 g/mol. The zero-order valence-corrected chi connectivity index (χ0v) is 5.57. The van der Waals surface area contributed by atoms with Crippen LogP contribution < -0.4 is 0 Å². The van der Waals surface area contributed by atoms with E-state index in [1.165, 1.54) is 6.92 Å². The summed E-state index contributed by atoms with van der Waals surface area (Å²) in [4.78, 5) is 19.9. The molecule has 2 N–H and O–H groups in total. The molecule has 1 unspecified atom stereocenters. The van der Waals surface area contributed by atoms with E-state index in [9.17, 15) is 9.70 Å². The molecule has 10 heavy (non-hydrogen) atoms. The number of rotatable bonds is 4. The lowest BCUT2D eigenvalue weighted by Crippen LogP contribution is -2.34. The first-order chi connectivity index (χ1) is 4.56. The topological polar surface area (TPSA) is 87.0 Å². The van der Waals surface area contributed by atoms with Gasteiger partial charge in [-0.3, -0.25) is 4.79 Å². The molecule has 0 heterocycles. The van der Waals surface area contributed by atoms with Gasteiger partial charge in [0.05, 0.1) is 13.2 Å². The van der Waals surface area contributed by atoms with E-state index in [2.05, 4.69) is 5.18 Å². The maximum atomic E-state index is 10.3. The second-order valence-electron chi connectivity index (χ2n) is 2.31. The maximum absolute atomic E-state index is 10.3. The summed E-state index contributed by atoms with van der Waals surface area (Å²) in [7, 11) is 0. The van der Waals surface area contributed by atoms with Crippen LogP contribution in [-0.4, -0.2) is 29.3 Å². The number of carboxylic acid groups (broad SMARTS) is 1. The van der Waals surface area contributed by atoms with Crippen molar-refractivity contribution in [2.24, 2.45) is 10.6 Å². The second kappa shape index (κ2) is 3.26. The van der Waals surface area contributed by atoms with Crippen molar-refractivity contribution in [2.75, 3.05) is 13.2 Å². The molecule has 58 valence electrons. The third-order valence-electron chi connectivity index (χ3n) is 1.28. The van der Waals surface area contributed by atoms with E-state index in [0.717, 1.165) is 0 Å². The number of hydrogen-bond acceptors (Lipinski definition) is 4. The molecule has 1 atom stereocenters. The molecule has 0 saturated carbocycles. The molecule has 0 aliphatic rings. The van der Waals surface area contributed by atoms with E-state index in [1.807, 2.05) is 0 Å². The minimum absolute atomic E-state index is 0.404. The van der Waals surface area contributed by atoms with Crippen LogP contribution in [0, 0.1) is 10.3 Å². The van der Waals surface area contributed by atoms with Crippen LogP contribution in [-0.2, 0) is 4.79 Å². The Morgan fingerprint density at radius 2 is 2.20 bits per heavy atom. The Kier molecular flexibility index (Phi) is 2.95. The number of hydrogen-bond donors (Lipinski definition) is 2. The Hall–Kier alpha value is -0.970. The van der Waals surface area contributed by atoms with Gasteiger partial charge in [0.25, 0.3) is 0 Å². The van der Waals surface area contributed by atoms with Crippen molar-refractivity contribution in [1.29, 1.82) is 0 Å². The van der Waals surface area contributed by atoms with Crippen LogP contribution in [0.4, 0.5) is 0 Å². The van der Waals surface area contributed by atoms with Crippen molar-refractivity contribution in [2.45, 2.75) is 6.92 Å². The summed E-state index contributed by atoms with van der Waals surface area (Å²) in [5.41, 5.74) is -1.41. The van der Waals surface area contributed by atoms with Gasteiger partial charge in [-0.2, -0.15) is 4.91 Å². The Bertz CT molecular complexity index is 147. The normalized spacial score (nSPS) is 15.8. The molecule has 0 amide bonds. The highest BCUT2D eigenvalue weighted by Gasteiger charge is 2.32. The van der Waals surface area contributed by atoms with Crippen LogP contribution in [0.2, 0.25) is 0 Å². The Morgan fingerprint density at radius 3 is 2.30 bits per heavy atom. The average Bonchev–Trinajstić information content (AvgIpc) is 1.88. The first-order valence-electron chi connectivity index (χ1n) is 2.70. The van der Waals surface area contributed by atoms with Gasteiger partial charge in [0.1, 0.15) is 5.41 Å². The van der Waals surface area contributed by atoms with Gasteiger partial charge in [-0.1, -0.05) is 5.18 Å². The summed E-state index contributed by atoms with van der Waals surface area (Å²) in [5, 5.41) is 19.3. The van der Waals surface area contributed by atoms with E-state index < -0.39 is 24.5 Å². The minimum atomic E-state index is -1.41. The Labute approximate surface area is 57.6 Å². The third kappa shape index (κ3) is 1.77. The zero-order valence-electron chi connectivity index (χ0n) is 5.57. The van der Waals surface area contributed by atoms with Gasteiger partial charge in [-0.25, -0.2) is 0 Å². The molecule has 0 aromatic carbocycles. The van der Waals surface area contributed by atoms with Gasteiger partial charge in [0, 0.05) is 0 Å². The average molecular weight is 147 g/mol. The molecule has 0 aliphatic carbocycles. The Morgan fingerprint density at radius 1 is 1.70 bits per heavy atom. The van der Waals surface area contributed by atoms with Crippen LogP contribution >= 0.6 is 0 Å². The summed E-state index contributed by atoms with van der Waals surface area (Å²) < 4.78 is 0. The lowest BCUT2D eigenvalue weighted by molar-refractivity contribution is -0.149. The summed E-state index contributed by atoms with van der Waals surface area (Å²) in [5.74, 6) is -1.21. The van der Waals surface area contributed by atoms with Gasteiger partial charge < -0.3 is 10.2 Å².